The number of alkyl halides is 1. The van der Waals surface area contributed by atoms with Gasteiger partial charge in [-0.05, 0) is 86.4 Å². The normalized spacial score (nSPS) is 18.4. The molecule has 3 aromatic rings. The maximum Gasteiger partial charge on any atom is 0.553 e. The number of carbonyl (C=O) groups is 1. The fourth-order valence-electron chi connectivity index (χ4n) is 6.14. The Bertz CT molecular complexity index is 1590. The van der Waals surface area contributed by atoms with Gasteiger partial charge in [-0.15, -0.1) is 16.7 Å². The third-order valence-electron chi connectivity index (χ3n) is 8.14. The third kappa shape index (κ3) is 4.52. The maximum atomic E-state index is 11.8. The standard InChI is InChI=1S/C30H30BClN7O/c32-19-27(40)33-23-11-9-22(10-12-23)30-25-13-15-28(36-17-5-2-6-18-36)38(25)31-39-26(30)14-16-29(39)37-20-24(34-35-37)21-7-3-1-4-8-21/h7,9-16,20H,1-6,8,17-19H2/p+1. The minimum absolute atomic E-state index is 0.0701. The van der Waals surface area contributed by atoms with E-state index in [2.05, 4.69) is 85.7 Å². The van der Waals surface area contributed by atoms with E-state index in [9.17, 15) is 4.79 Å². The van der Waals surface area contributed by atoms with Crippen LogP contribution >= 0.6 is 11.6 Å². The average molecular weight is 552 g/mol. The molecule has 1 amide bonds. The van der Waals surface area contributed by atoms with E-state index < -0.39 is 0 Å². The first kappa shape index (κ1) is 25.1. The van der Waals surface area contributed by atoms with E-state index in [0.717, 1.165) is 65.7 Å². The lowest BCUT2D eigenvalue weighted by Crippen LogP contribution is -2.43. The summed E-state index contributed by atoms with van der Waals surface area (Å²) < 4.78 is 6.60. The Balaban J connectivity index is 1.31. The number of nitrogens with zero attached hydrogens (tertiary/aromatic N) is 6. The lowest BCUT2D eigenvalue weighted by atomic mass is 9.91. The largest absolute Gasteiger partial charge is 0.553 e. The molecule has 1 aliphatic carbocycles. The summed E-state index contributed by atoms with van der Waals surface area (Å²) in [5, 5.41) is 11.9. The molecule has 0 spiro atoms. The lowest BCUT2D eigenvalue weighted by molar-refractivity contribution is -0.539. The molecule has 5 heterocycles. The number of amidine groups is 1. The number of rotatable bonds is 5. The van der Waals surface area contributed by atoms with Crippen molar-refractivity contribution in [3.63, 3.8) is 0 Å². The van der Waals surface area contributed by atoms with E-state index >= 15 is 0 Å². The van der Waals surface area contributed by atoms with Crippen LogP contribution in [0.2, 0.25) is 0 Å². The second kappa shape index (κ2) is 10.6. The molecule has 10 heteroatoms. The first-order chi connectivity index (χ1) is 19.7. The van der Waals surface area contributed by atoms with Crippen LogP contribution in [0.4, 0.5) is 5.69 Å². The van der Waals surface area contributed by atoms with Crippen molar-refractivity contribution in [2.24, 2.45) is 0 Å². The number of hydrogen-bond donors (Lipinski definition) is 1. The van der Waals surface area contributed by atoms with Gasteiger partial charge in [-0.25, -0.2) is 4.68 Å². The summed E-state index contributed by atoms with van der Waals surface area (Å²) in [5.41, 5.74) is 7.40. The molecule has 3 aliphatic heterocycles. The van der Waals surface area contributed by atoms with Crippen LogP contribution in [0.15, 0.2) is 66.5 Å². The average Bonchev–Trinajstić information content (AvgIpc) is 3.76. The maximum absolute atomic E-state index is 11.8. The fraction of sp³-hybridized carbons (Fsp3) is 0.333. The van der Waals surface area contributed by atoms with E-state index in [-0.39, 0.29) is 11.8 Å². The fourth-order valence-corrected chi connectivity index (χ4v) is 6.21. The topological polar surface area (TPSA) is 71.0 Å². The third-order valence-corrected chi connectivity index (χ3v) is 8.39. The molecule has 7 rings (SSSR count). The summed E-state index contributed by atoms with van der Waals surface area (Å²) in [6.07, 6.45) is 17.1. The molecule has 1 N–H and O–H groups in total. The van der Waals surface area contributed by atoms with Crippen molar-refractivity contribution < 1.29 is 9.37 Å². The number of amides is 1. The van der Waals surface area contributed by atoms with Gasteiger partial charge in [-0.3, -0.25) is 14.2 Å². The van der Waals surface area contributed by atoms with Crippen molar-refractivity contribution in [1.82, 2.24) is 24.3 Å². The Morgan fingerprint density at radius 2 is 1.88 bits per heavy atom. The smallest absolute Gasteiger partial charge is 0.329 e. The highest BCUT2D eigenvalue weighted by atomic mass is 35.5. The molecule has 1 radical (unpaired) electrons. The number of hydrogen-bond acceptors (Lipinski definition) is 3. The zero-order valence-electron chi connectivity index (χ0n) is 22.4. The number of carbonyl (C=O) groups excluding carboxylic acids is 1. The first-order valence-electron chi connectivity index (χ1n) is 14.2. The number of benzene rings is 1. The van der Waals surface area contributed by atoms with Gasteiger partial charge in [0.2, 0.25) is 5.91 Å². The monoisotopic (exact) mass is 551 g/mol. The van der Waals surface area contributed by atoms with Crippen LogP contribution in [0.5, 0.6) is 0 Å². The molecule has 2 aromatic heterocycles. The van der Waals surface area contributed by atoms with Gasteiger partial charge in [0, 0.05) is 23.0 Å². The van der Waals surface area contributed by atoms with Gasteiger partial charge in [0.1, 0.15) is 23.1 Å². The van der Waals surface area contributed by atoms with Crippen LogP contribution in [-0.2, 0) is 4.79 Å². The van der Waals surface area contributed by atoms with Gasteiger partial charge in [0.15, 0.2) is 0 Å². The number of allylic oxidation sites excluding steroid dienone is 3. The SMILES string of the molecule is O=C(CCl)Nc1ccc(C2=C3C=CC(=[N+]4CCCCC4)N3[B]n3c2ccc3-n2cc(C3=CCCCC3)nn2)cc1. The van der Waals surface area contributed by atoms with Crippen LogP contribution < -0.4 is 5.32 Å². The van der Waals surface area contributed by atoms with Crippen molar-refractivity contribution in [3.8, 4) is 5.82 Å². The zero-order valence-corrected chi connectivity index (χ0v) is 23.1. The summed E-state index contributed by atoms with van der Waals surface area (Å²) in [7, 11) is 2.18. The molecule has 0 unspecified atom stereocenters. The quantitative estimate of drug-likeness (QED) is 0.280. The molecule has 1 aromatic carbocycles. The van der Waals surface area contributed by atoms with Gasteiger partial charge in [-0.2, -0.15) is 0 Å². The van der Waals surface area contributed by atoms with Crippen LogP contribution in [-0.4, -0.2) is 67.1 Å². The van der Waals surface area contributed by atoms with Gasteiger partial charge in [0.25, 0.3) is 5.84 Å². The minimum atomic E-state index is -0.218. The Kier molecular flexibility index (Phi) is 6.67. The summed E-state index contributed by atoms with van der Waals surface area (Å²) in [5.74, 6) is 1.86. The Morgan fingerprint density at radius 3 is 2.65 bits per heavy atom. The number of fused-ring (bicyclic) bond motifs is 2. The van der Waals surface area contributed by atoms with Crippen molar-refractivity contribution in [3.05, 3.63) is 83.5 Å². The molecule has 0 atom stereocenters. The van der Waals surface area contributed by atoms with E-state index in [1.807, 2.05) is 16.8 Å². The number of piperidine rings is 1. The van der Waals surface area contributed by atoms with E-state index in [1.165, 1.54) is 43.5 Å². The first-order valence-corrected chi connectivity index (χ1v) is 14.7. The summed E-state index contributed by atoms with van der Waals surface area (Å²) >= 11 is 5.69. The molecule has 1 fully saturated rings. The van der Waals surface area contributed by atoms with E-state index in [4.69, 9.17) is 11.6 Å². The summed E-state index contributed by atoms with van der Waals surface area (Å²) in [6, 6.07) is 12.2. The molecule has 1 saturated heterocycles. The Hall–Kier alpha value is -3.85. The zero-order chi connectivity index (χ0) is 27.1. The summed E-state index contributed by atoms with van der Waals surface area (Å²) in [4.78, 5) is 14.1. The number of halogens is 1. The van der Waals surface area contributed by atoms with Crippen molar-refractivity contribution in [2.45, 2.75) is 44.9 Å². The number of aromatic nitrogens is 4. The van der Waals surface area contributed by atoms with Gasteiger partial charge >= 0.3 is 7.55 Å². The van der Waals surface area contributed by atoms with Gasteiger partial charge in [-0.1, -0.05) is 23.4 Å². The summed E-state index contributed by atoms with van der Waals surface area (Å²) in [6.45, 7) is 2.13. The predicted molar refractivity (Wildman–Crippen MR) is 159 cm³/mol. The van der Waals surface area contributed by atoms with E-state index in [1.54, 1.807) is 0 Å². The van der Waals surface area contributed by atoms with Crippen molar-refractivity contribution in [2.75, 3.05) is 24.3 Å². The predicted octanol–water partition coefficient (Wildman–Crippen LogP) is 4.83. The number of nitrogens with one attached hydrogen (secondary N) is 1. The molecule has 4 aliphatic rings. The molecule has 8 nitrogen and oxygen atoms in total. The van der Waals surface area contributed by atoms with Crippen molar-refractivity contribution >= 4 is 47.7 Å². The highest BCUT2D eigenvalue weighted by Crippen LogP contribution is 2.38. The minimum Gasteiger partial charge on any atom is -0.329 e. The van der Waals surface area contributed by atoms with Gasteiger partial charge < -0.3 is 9.79 Å². The molecule has 40 heavy (non-hydrogen) atoms. The molecule has 201 valence electrons. The molecule has 0 bridgehead atoms. The van der Waals surface area contributed by atoms with E-state index in [0.29, 0.717) is 0 Å². The number of anilines is 1. The van der Waals surface area contributed by atoms with Gasteiger partial charge in [0.05, 0.1) is 19.3 Å². The molecular weight excluding hydrogens is 521 g/mol. The lowest BCUT2D eigenvalue weighted by Gasteiger charge is -2.27. The molecular formula is C30H31BClN7O+. The second-order valence-corrected chi connectivity index (χ2v) is 11.0. The Morgan fingerprint density at radius 1 is 1.02 bits per heavy atom. The highest BCUT2D eigenvalue weighted by molar-refractivity contribution is 6.40. The Labute approximate surface area is 239 Å². The van der Waals surface area contributed by atoms with Crippen LogP contribution in [0, 0.1) is 0 Å². The molecule has 0 saturated carbocycles. The highest BCUT2D eigenvalue weighted by Gasteiger charge is 2.40. The van der Waals surface area contributed by atoms with Crippen LogP contribution in [0.25, 0.3) is 17.0 Å². The van der Waals surface area contributed by atoms with Crippen LogP contribution in [0.3, 0.4) is 0 Å². The van der Waals surface area contributed by atoms with Crippen molar-refractivity contribution in [1.29, 1.82) is 0 Å². The van der Waals surface area contributed by atoms with Crippen LogP contribution in [0.1, 0.15) is 61.9 Å². The second-order valence-electron chi connectivity index (χ2n) is 10.7.